The number of nitrogens with zero attached hydrogens (tertiary/aromatic N) is 3. The van der Waals surface area contributed by atoms with Crippen molar-refractivity contribution in [1.82, 2.24) is 0 Å². The lowest BCUT2D eigenvalue weighted by Gasteiger charge is -2.09. The van der Waals surface area contributed by atoms with E-state index in [2.05, 4.69) is 5.16 Å². The Kier molecular flexibility index (Phi) is 4.04. The van der Waals surface area contributed by atoms with Crippen molar-refractivity contribution in [1.29, 1.82) is 0 Å². The van der Waals surface area contributed by atoms with Crippen LogP contribution in [0.25, 0.3) is 0 Å². The quantitative estimate of drug-likeness (QED) is 0.382. The topological polar surface area (TPSA) is 108 Å². The van der Waals surface area contributed by atoms with Crippen molar-refractivity contribution in [2.75, 3.05) is 0 Å². The SMILES string of the molecule is O=[N+]([O-])c1ccc(C(=N/O)/C(=N/O)C(F)(F)F)cc1. The molecule has 0 radical (unpaired) electrons. The number of alkyl halides is 3. The first-order valence-corrected chi connectivity index (χ1v) is 4.57. The molecule has 0 saturated carbocycles. The fourth-order valence-electron chi connectivity index (χ4n) is 1.22. The molecule has 0 heterocycles. The maximum atomic E-state index is 12.5. The molecule has 19 heavy (non-hydrogen) atoms. The lowest BCUT2D eigenvalue weighted by Crippen LogP contribution is -2.32. The molecule has 0 amide bonds. The standard InChI is InChI=1S/C9H6F3N3O4/c10-9(11,12)8(14-17)7(13-16)5-1-3-6(4-2-5)15(18)19/h1-4,16-17H/b13-7-,14-8-. The Morgan fingerprint density at radius 3 is 2.00 bits per heavy atom. The van der Waals surface area contributed by atoms with Gasteiger partial charge in [-0.15, -0.1) is 0 Å². The minimum atomic E-state index is -5.04. The summed E-state index contributed by atoms with van der Waals surface area (Å²) in [6.45, 7) is 0. The van der Waals surface area contributed by atoms with E-state index in [4.69, 9.17) is 10.4 Å². The molecule has 0 unspecified atom stereocenters. The van der Waals surface area contributed by atoms with E-state index in [1.165, 1.54) is 0 Å². The van der Waals surface area contributed by atoms with Crippen molar-refractivity contribution in [2.24, 2.45) is 10.3 Å². The van der Waals surface area contributed by atoms with Crippen LogP contribution in [0.4, 0.5) is 18.9 Å². The number of halogens is 3. The van der Waals surface area contributed by atoms with Gasteiger partial charge in [-0.2, -0.15) is 13.2 Å². The predicted octanol–water partition coefficient (Wildman–Crippen LogP) is 2.17. The molecule has 102 valence electrons. The van der Waals surface area contributed by atoms with Crippen molar-refractivity contribution in [3.8, 4) is 0 Å². The highest BCUT2D eigenvalue weighted by Crippen LogP contribution is 2.22. The summed E-state index contributed by atoms with van der Waals surface area (Å²) in [5.74, 6) is 0. The Balaban J connectivity index is 3.22. The van der Waals surface area contributed by atoms with Gasteiger partial charge in [-0.1, -0.05) is 10.3 Å². The molecule has 0 aliphatic rings. The van der Waals surface area contributed by atoms with E-state index in [-0.39, 0.29) is 11.3 Å². The predicted molar refractivity (Wildman–Crippen MR) is 56.7 cm³/mol. The molecule has 0 aliphatic heterocycles. The van der Waals surface area contributed by atoms with Crippen molar-refractivity contribution >= 4 is 17.1 Å². The highest BCUT2D eigenvalue weighted by molar-refractivity contribution is 6.49. The van der Waals surface area contributed by atoms with Crippen LogP contribution >= 0.6 is 0 Å². The second-order valence-electron chi connectivity index (χ2n) is 3.20. The van der Waals surface area contributed by atoms with E-state index < -0.39 is 22.5 Å². The van der Waals surface area contributed by atoms with Gasteiger partial charge in [-0.3, -0.25) is 10.1 Å². The molecule has 0 aliphatic carbocycles. The third kappa shape index (κ3) is 3.18. The van der Waals surface area contributed by atoms with Gasteiger partial charge in [0.15, 0.2) is 0 Å². The summed E-state index contributed by atoms with van der Waals surface area (Å²) < 4.78 is 37.4. The molecule has 0 saturated heterocycles. The number of nitro benzene ring substituents is 1. The molecule has 2 N–H and O–H groups in total. The van der Waals surface area contributed by atoms with E-state index in [9.17, 15) is 23.3 Å². The number of rotatable bonds is 3. The van der Waals surface area contributed by atoms with E-state index in [0.717, 1.165) is 24.3 Å². The van der Waals surface area contributed by atoms with E-state index in [1.54, 1.807) is 0 Å². The third-order valence-corrected chi connectivity index (χ3v) is 2.04. The minimum absolute atomic E-state index is 0.293. The second-order valence-corrected chi connectivity index (χ2v) is 3.20. The lowest BCUT2D eigenvalue weighted by atomic mass is 10.1. The van der Waals surface area contributed by atoms with Crippen molar-refractivity contribution in [3.63, 3.8) is 0 Å². The average Bonchev–Trinajstić information content (AvgIpc) is 2.34. The summed E-state index contributed by atoms with van der Waals surface area (Å²) in [6.07, 6.45) is -5.04. The Hall–Kier alpha value is -2.65. The van der Waals surface area contributed by atoms with E-state index >= 15 is 0 Å². The number of oxime groups is 2. The Morgan fingerprint density at radius 2 is 1.68 bits per heavy atom. The fraction of sp³-hybridized carbons (Fsp3) is 0.111. The second kappa shape index (κ2) is 5.33. The molecular weight excluding hydrogens is 271 g/mol. The van der Waals surface area contributed by atoms with Crippen molar-refractivity contribution in [3.05, 3.63) is 39.9 Å². The molecule has 0 spiro atoms. The number of benzene rings is 1. The van der Waals surface area contributed by atoms with Gasteiger partial charge in [-0.05, 0) is 12.1 Å². The monoisotopic (exact) mass is 277 g/mol. The number of hydrogen-bond acceptors (Lipinski definition) is 6. The van der Waals surface area contributed by atoms with Crippen molar-refractivity contribution in [2.45, 2.75) is 6.18 Å². The third-order valence-electron chi connectivity index (χ3n) is 2.04. The Bertz CT molecular complexity index is 537. The van der Waals surface area contributed by atoms with Gasteiger partial charge in [-0.25, -0.2) is 0 Å². The van der Waals surface area contributed by atoms with Crippen LogP contribution in [-0.2, 0) is 0 Å². The normalized spacial score (nSPS) is 13.4. The largest absolute Gasteiger partial charge is 0.438 e. The maximum Gasteiger partial charge on any atom is 0.438 e. The zero-order valence-corrected chi connectivity index (χ0v) is 9.00. The van der Waals surface area contributed by atoms with E-state index in [0.29, 0.717) is 0 Å². The van der Waals surface area contributed by atoms with E-state index in [1.807, 2.05) is 5.16 Å². The van der Waals surface area contributed by atoms with Crippen LogP contribution < -0.4 is 0 Å². The van der Waals surface area contributed by atoms with Crippen LogP contribution in [0.1, 0.15) is 5.56 Å². The highest BCUT2D eigenvalue weighted by atomic mass is 19.4. The van der Waals surface area contributed by atoms with Crippen LogP contribution in [0, 0.1) is 10.1 Å². The number of nitro groups is 1. The molecule has 1 aromatic rings. The zero-order chi connectivity index (χ0) is 14.6. The smallest absolute Gasteiger partial charge is 0.410 e. The number of hydrogen-bond donors (Lipinski definition) is 2. The molecule has 1 rings (SSSR count). The van der Waals surface area contributed by atoms with Crippen LogP contribution in [0.2, 0.25) is 0 Å². The van der Waals surface area contributed by atoms with Gasteiger partial charge < -0.3 is 10.4 Å². The number of non-ortho nitro benzene ring substituents is 1. The summed E-state index contributed by atoms with van der Waals surface area (Å²) >= 11 is 0. The molecule has 0 fully saturated rings. The molecule has 7 nitrogen and oxygen atoms in total. The van der Waals surface area contributed by atoms with Crippen LogP contribution in [-0.4, -0.2) is 32.9 Å². The van der Waals surface area contributed by atoms with Crippen molar-refractivity contribution < 1.29 is 28.5 Å². The van der Waals surface area contributed by atoms with Gasteiger partial charge in [0.25, 0.3) is 5.69 Å². The summed E-state index contributed by atoms with van der Waals surface area (Å²) in [6, 6.07) is 3.71. The summed E-state index contributed by atoms with van der Waals surface area (Å²) in [7, 11) is 0. The molecule has 0 atom stereocenters. The Morgan fingerprint density at radius 1 is 1.16 bits per heavy atom. The average molecular weight is 277 g/mol. The molecule has 10 heteroatoms. The highest BCUT2D eigenvalue weighted by Gasteiger charge is 2.41. The van der Waals surface area contributed by atoms with Crippen LogP contribution in [0.15, 0.2) is 34.6 Å². The zero-order valence-electron chi connectivity index (χ0n) is 9.00. The summed E-state index contributed by atoms with van der Waals surface area (Å²) in [5.41, 5.74) is -3.51. The Labute approximate surface area is 103 Å². The van der Waals surface area contributed by atoms with Crippen LogP contribution in [0.3, 0.4) is 0 Å². The van der Waals surface area contributed by atoms with Gasteiger partial charge >= 0.3 is 6.18 Å². The molecule has 1 aromatic carbocycles. The maximum absolute atomic E-state index is 12.5. The molecule has 0 bridgehead atoms. The van der Waals surface area contributed by atoms with Gasteiger partial charge in [0.1, 0.15) is 5.71 Å². The first-order chi connectivity index (χ1) is 8.81. The van der Waals surface area contributed by atoms with Gasteiger partial charge in [0.2, 0.25) is 5.71 Å². The first-order valence-electron chi connectivity index (χ1n) is 4.57. The summed E-state index contributed by atoms with van der Waals surface area (Å²) in [4.78, 5) is 9.64. The van der Waals surface area contributed by atoms with Gasteiger partial charge in [0.05, 0.1) is 4.92 Å². The van der Waals surface area contributed by atoms with Gasteiger partial charge in [0, 0.05) is 17.7 Å². The molecular formula is C9H6F3N3O4. The van der Waals surface area contributed by atoms with Crippen LogP contribution in [0.5, 0.6) is 0 Å². The lowest BCUT2D eigenvalue weighted by molar-refractivity contribution is -0.384. The summed E-state index contributed by atoms with van der Waals surface area (Å²) in [5, 5.41) is 31.7. The first kappa shape index (κ1) is 14.4. The fourth-order valence-corrected chi connectivity index (χ4v) is 1.22. The molecule has 0 aromatic heterocycles. The minimum Gasteiger partial charge on any atom is -0.410 e.